The Morgan fingerprint density at radius 2 is 2.00 bits per heavy atom. The molecule has 2 atom stereocenters. The molecule has 82 valence electrons. The van der Waals surface area contributed by atoms with E-state index < -0.39 is 24.2 Å². The van der Waals surface area contributed by atoms with Crippen molar-refractivity contribution in [3.05, 3.63) is 0 Å². The van der Waals surface area contributed by atoms with E-state index in [9.17, 15) is 18.0 Å². The summed E-state index contributed by atoms with van der Waals surface area (Å²) in [6.45, 7) is 0. The van der Waals surface area contributed by atoms with Crippen LogP contribution in [0.5, 0.6) is 0 Å². The summed E-state index contributed by atoms with van der Waals surface area (Å²) in [5.41, 5.74) is 0. The van der Waals surface area contributed by atoms with Crippen molar-refractivity contribution in [2.75, 3.05) is 14.1 Å². The first-order chi connectivity index (χ1) is 6.38. The largest absolute Gasteiger partial charge is 0.408 e. The maximum Gasteiger partial charge on any atom is 0.408 e. The van der Waals surface area contributed by atoms with Crippen LogP contribution in [0.2, 0.25) is 0 Å². The Morgan fingerprint density at radius 3 is 2.43 bits per heavy atom. The lowest BCUT2D eigenvalue weighted by Crippen LogP contribution is -2.57. The smallest absolute Gasteiger partial charge is 0.332 e. The van der Waals surface area contributed by atoms with Crippen molar-refractivity contribution in [1.82, 2.24) is 10.2 Å². The molecule has 1 fully saturated rings. The van der Waals surface area contributed by atoms with E-state index in [0.717, 1.165) is 4.90 Å². The Labute approximate surface area is 80.3 Å². The predicted octanol–water partition coefficient (Wildman–Crippen LogP) is 0.757. The molecule has 0 bridgehead atoms. The van der Waals surface area contributed by atoms with Crippen LogP contribution in [0.3, 0.4) is 0 Å². The lowest BCUT2D eigenvalue weighted by Gasteiger charge is -2.37. The van der Waals surface area contributed by atoms with E-state index in [1.807, 2.05) is 0 Å². The van der Waals surface area contributed by atoms with Gasteiger partial charge in [0.25, 0.3) is 0 Å². The first kappa shape index (κ1) is 11.3. The zero-order valence-electron chi connectivity index (χ0n) is 8.06. The quantitative estimate of drug-likeness (QED) is 0.693. The van der Waals surface area contributed by atoms with E-state index in [1.54, 1.807) is 7.05 Å². The normalized spacial score (nSPS) is 29.5. The Hall–Kier alpha value is -0.780. The van der Waals surface area contributed by atoms with Crippen LogP contribution in [-0.4, -0.2) is 43.2 Å². The highest BCUT2D eigenvalue weighted by Crippen LogP contribution is 2.31. The third-order valence-electron chi connectivity index (χ3n) is 2.57. The highest BCUT2D eigenvalue weighted by molar-refractivity contribution is 5.82. The zero-order valence-corrected chi connectivity index (χ0v) is 8.06. The minimum Gasteiger partial charge on any atom is -0.332 e. The van der Waals surface area contributed by atoms with Crippen molar-refractivity contribution >= 4 is 5.91 Å². The highest BCUT2D eigenvalue weighted by atomic mass is 19.4. The van der Waals surface area contributed by atoms with Gasteiger partial charge in [-0.1, -0.05) is 0 Å². The van der Waals surface area contributed by atoms with E-state index in [-0.39, 0.29) is 12.8 Å². The molecule has 1 saturated heterocycles. The lowest BCUT2D eigenvalue weighted by molar-refractivity contribution is -0.194. The number of carbonyl (C=O) groups is 1. The van der Waals surface area contributed by atoms with Gasteiger partial charge in [-0.25, -0.2) is 0 Å². The first-order valence-electron chi connectivity index (χ1n) is 4.38. The van der Waals surface area contributed by atoms with Gasteiger partial charge in [-0.3, -0.25) is 4.79 Å². The molecule has 0 aromatic rings. The van der Waals surface area contributed by atoms with Gasteiger partial charge >= 0.3 is 6.18 Å². The van der Waals surface area contributed by atoms with E-state index >= 15 is 0 Å². The van der Waals surface area contributed by atoms with Gasteiger partial charge < -0.3 is 10.2 Å². The topological polar surface area (TPSA) is 32.3 Å². The van der Waals surface area contributed by atoms with Gasteiger partial charge in [0.1, 0.15) is 6.04 Å². The second-order valence-corrected chi connectivity index (χ2v) is 3.43. The van der Waals surface area contributed by atoms with Gasteiger partial charge in [-0.05, 0) is 19.9 Å². The maximum atomic E-state index is 12.4. The Balaban J connectivity index is 2.74. The van der Waals surface area contributed by atoms with Crippen LogP contribution in [-0.2, 0) is 4.79 Å². The van der Waals surface area contributed by atoms with Crippen LogP contribution < -0.4 is 5.32 Å². The molecule has 0 saturated carbocycles. The molecular formula is C8H13F3N2O. The number of likely N-dealkylation sites (tertiary alicyclic amines) is 1. The van der Waals surface area contributed by atoms with E-state index in [2.05, 4.69) is 5.32 Å². The molecular weight excluding hydrogens is 197 g/mol. The second kappa shape index (κ2) is 3.76. The molecule has 1 amide bonds. The number of halogens is 3. The molecule has 2 unspecified atom stereocenters. The van der Waals surface area contributed by atoms with Crippen LogP contribution in [0, 0.1) is 0 Å². The Kier molecular flexibility index (Phi) is 3.04. The van der Waals surface area contributed by atoms with Crippen molar-refractivity contribution in [2.24, 2.45) is 0 Å². The van der Waals surface area contributed by atoms with Crippen molar-refractivity contribution < 1.29 is 18.0 Å². The van der Waals surface area contributed by atoms with Crippen molar-refractivity contribution in [3.8, 4) is 0 Å². The minimum atomic E-state index is -4.32. The molecule has 1 heterocycles. The maximum absolute atomic E-state index is 12.4. The van der Waals surface area contributed by atoms with Crippen LogP contribution in [0.4, 0.5) is 13.2 Å². The highest BCUT2D eigenvalue weighted by Gasteiger charge is 2.47. The molecule has 14 heavy (non-hydrogen) atoms. The molecule has 0 aliphatic carbocycles. The van der Waals surface area contributed by atoms with Crippen molar-refractivity contribution in [3.63, 3.8) is 0 Å². The average molecular weight is 210 g/mol. The van der Waals surface area contributed by atoms with Gasteiger partial charge in [0.05, 0.1) is 6.04 Å². The molecule has 0 radical (unpaired) electrons. The molecule has 0 spiro atoms. The summed E-state index contributed by atoms with van der Waals surface area (Å²) in [7, 11) is 2.77. The number of likely N-dealkylation sites (N-methyl/N-ethyl adjacent to an activating group) is 2. The summed E-state index contributed by atoms with van der Waals surface area (Å²) in [4.78, 5) is 12.2. The first-order valence-corrected chi connectivity index (χ1v) is 4.38. The van der Waals surface area contributed by atoms with Crippen LogP contribution in [0.15, 0.2) is 0 Å². The number of alkyl halides is 3. The number of rotatable bonds is 1. The van der Waals surface area contributed by atoms with Crippen LogP contribution in [0.1, 0.15) is 12.8 Å². The minimum absolute atomic E-state index is 0.0305. The lowest BCUT2D eigenvalue weighted by atomic mass is 9.98. The SMILES string of the molecule is CNC1CCC(C(F)(F)F)N(C)C1=O. The van der Waals surface area contributed by atoms with E-state index in [1.165, 1.54) is 7.05 Å². The number of piperidine rings is 1. The van der Waals surface area contributed by atoms with E-state index in [4.69, 9.17) is 0 Å². The number of hydrogen-bond acceptors (Lipinski definition) is 2. The molecule has 1 aliphatic rings. The molecule has 1 aliphatic heterocycles. The van der Waals surface area contributed by atoms with Gasteiger partial charge in [0.15, 0.2) is 0 Å². The number of amides is 1. The molecule has 0 aromatic heterocycles. The third-order valence-corrected chi connectivity index (χ3v) is 2.57. The molecule has 0 aromatic carbocycles. The number of nitrogens with one attached hydrogen (secondary N) is 1. The summed E-state index contributed by atoms with van der Waals surface area (Å²) < 4.78 is 37.1. The third kappa shape index (κ3) is 2.00. The predicted molar refractivity (Wildman–Crippen MR) is 44.7 cm³/mol. The standard InChI is InChI=1S/C8H13F3N2O/c1-12-5-3-4-6(8(9,10)11)13(2)7(5)14/h5-6,12H,3-4H2,1-2H3. The Bertz CT molecular complexity index is 229. The van der Waals surface area contributed by atoms with Gasteiger partial charge in [0.2, 0.25) is 5.91 Å². The van der Waals surface area contributed by atoms with Gasteiger partial charge in [0, 0.05) is 7.05 Å². The monoisotopic (exact) mass is 210 g/mol. The molecule has 6 heteroatoms. The molecule has 1 N–H and O–H groups in total. The summed E-state index contributed by atoms with van der Waals surface area (Å²) in [5, 5.41) is 2.70. The summed E-state index contributed by atoms with van der Waals surface area (Å²) in [5.74, 6) is -0.485. The van der Waals surface area contributed by atoms with Gasteiger partial charge in [-0.2, -0.15) is 13.2 Å². The zero-order chi connectivity index (χ0) is 10.9. The van der Waals surface area contributed by atoms with Crippen molar-refractivity contribution in [1.29, 1.82) is 0 Å². The average Bonchev–Trinajstić information content (AvgIpc) is 2.07. The van der Waals surface area contributed by atoms with Crippen LogP contribution >= 0.6 is 0 Å². The van der Waals surface area contributed by atoms with Crippen molar-refractivity contribution in [2.45, 2.75) is 31.1 Å². The number of carbonyl (C=O) groups excluding carboxylic acids is 1. The fourth-order valence-corrected chi connectivity index (χ4v) is 1.69. The summed E-state index contributed by atoms with van der Waals surface area (Å²) in [6, 6.07) is -2.10. The molecule has 3 nitrogen and oxygen atoms in total. The number of nitrogens with zero attached hydrogens (tertiary/aromatic N) is 1. The number of hydrogen-bond donors (Lipinski definition) is 1. The van der Waals surface area contributed by atoms with E-state index in [0.29, 0.717) is 0 Å². The fourth-order valence-electron chi connectivity index (χ4n) is 1.69. The van der Waals surface area contributed by atoms with Gasteiger partial charge in [-0.15, -0.1) is 0 Å². The summed E-state index contributed by atoms with van der Waals surface area (Å²) in [6.07, 6.45) is -4.11. The second-order valence-electron chi connectivity index (χ2n) is 3.43. The summed E-state index contributed by atoms with van der Waals surface area (Å²) >= 11 is 0. The van der Waals surface area contributed by atoms with Crippen LogP contribution in [0.25, 0.3) is 0 Å². The Morgan fingerprint density at radius 1 is 1.43 bits per heavy atom. The fraction of sp³-hybridized carbons (Fsp3) is 0.875. The molecule has 1 rings (SSSR count).